The van der Waals surface area contributed by atoms with E-state index in [0.717, 1.165) is 46.2 Å². The molecule has 0 atom stereocenters. The Kier molecular flexibility index (Phi) is 6.67. The highest BCUT2D eigenvalue weighted by atomic mass is 32.1. The highest BCUT2D eigenvalue weighted by Gasteiger charge is 2.20. The molecule has 1 aromatic carbocycles. The SMILES string of the molecule is Cc1sc(-c2ccncc2)nc1C(=O)NCc1cccc(C(=O)Nc2nc3c(s2)CN(C)CC3)c1. The van der Waals surface area contributed by atoms with Crippen LogP contribution in [0.4, 0.5) is 5.13 Å². The van der Waals surface area contributed by atoms with E-state index in [0.29, 0.717) is 22.9 Å². The van der Waals surface area contributed by atoms with Gasteiger partial charge in [-0.15, -0.1) is 22.7 Å². The zero-order valence-corrected chi connectivity index (χ0v) is 21.0. The molecule has 0 saturated heterocycles. The standard InChI is InChI=1S/C25H24N6O2S2/c1-15-21(29-24(34-15)17-6-9-26-10-7-17)23(33)27-13-16-4-3-5-18(12-16)22(32)30-25-28-19-8-11-31(2)14-20(19)35-25/h3-7,9-10,12H,8,11,13-14H2,1-2H3,(H,27,33)(H,28,30,32). The second-order valence-corrected chi connectivity index (χ2v) is 10.7. The summed E-state index contributed by atoms with van der Waals surface area (Å²) in [4.78, 5) is 43.1. The summed E-state index contributed by atoms with van der Waals surface area (Å²) in [6.45, 7) is 4.01. The van der Waals surface area contributed by atoms with Crippen molar-refractivity contribution < 1.29 is 9.59 Å². The van der Waals surface area contributed by atoms with E-state index >= 15 is 0 Å². The molecule has 0 fully saturated rings. The lowest BCUT2D eigenvalue weighted by atomic mass is 10.1. The first-order chi connectivity index (χ1) is 17.0. The normalized spacial score (nSPS) is 13.3. The molecule has 35 heavy (non-hydrogen) atoms. The zero-order valence-electron chi connectivity index (χ0n) is 19.4. The second-order valence-electron chi connectivity index (χ2n) is 8.37. The molecule has 0 unspecified atom stereocenters. The van der Waals surface area contributed by atoms with E-state index in [1.165, 1.54) is 27.6 Å². The maximum atomic E-state index is 12.8. The first-order valence-electron chi connectivity index (χ1n) is 11.2. The number of thiazole rings is 2. The number of pyridine rings is 1. The Bertz CT molecular complexity index is 1380. The third-order valence-electron chi connectivity index (χ3n) is 5.72. The van der Waals surface area contributed by atoms with E-state index in [1.807, 2.05) is 31.2 Å². The molecule has 0 aliphatic carbocycles. The number of likely N-dealkylation sites (N-methyl/N-ethyl adjacent to an activating group) is 1. The van der Waals surface area contributed by atoms with Crippen LogP contribution in [0, 0.1) is 6.92 Å². The van der Waals surface area contributed by atoms with Gasteiger partial charge >= 0.3 is 0 Å². The average molecular weight is 505 g/mol. The van der Waals surface area contributed by atoms with Crippen molar-refractivity contribution in [3.05, 3.63) is 81.1 Å². The number of hydrogen-bond acceptors (Lipinski definition) is 8. The van der Waals surface area contributed by atoms with Gasteiger partial charge in [-0.25, -0.2) is 9.97 Å². The van der Waals surface area contributed by atoms with E-state index in [9.17, 15) is 9.59 Å². The van der Waals surface area contributed by atoms with Crippen LogP contribution in [-0.4, -0.2) is 45.3 Å². The highest BCUT2D eigenvalue weighted by Crippen LogP contribution is 2.28. The van der Waals surface area contributed by atoms with E-state index in [1.54, 1.807) is 24.5 Å². The summed E-state index contributed by atoms with van der Waals surface area (Å²) in [6, 6.07) is 11.0. The number of carbonyl (C=O) groups is 2. The number of amides is 2. The predicted molar refractivity (Wildman–Crippen MR) is 138 cm³/mol. The lowest BCUT2D eigenvalue weighted by Crippen LogP contribution is -2.25. The molecule has 1 aliphatic rings. The van der Waals surface area contributed by atoms with Gasteiger partial charge in [0.05, 0.1) is 5.69 Å². The number of nitrogens with one attached hydrogen (secondary N) is 2. The summed E-state index contributed by atoms with van der Waals surface area (Å²) in [5.74, 6) is -0.456. The maximum absolute atomic E-state index is 12.8. The van der Waals surface area contributed by atoms with Crippen LogP contribution in [0.1, 0.15) is 41.9 Å². The Labute approximate surface area is 211 Å². The minimum absolute atomic E-state index is 0.213. The molecule has 0 spiro atoms. The molecular weight excluding hydrogens is 480 g/mol. The molecule has 1 aliphatic heterocycles. The number of hydrogen-bond donors (Lipinski definition) is 2. The van der Waals surface area contributed by atoms with Crippen molar-refractivity contribution in [1.82, 2.24) is 25.2 Å². The molecule has 2 N–H and O–H groups in total. The van der Waals surface area contributed by atoms with Gasteiger partial charge in [-0.1, -0.05) is 12.1 Å². The summed E-state index contributed by atoms with van der Waals surface area (Å²) in [5.41, 5.74) is 3.76. The van der Waals surface area contributed by atoms with Gasteiger partial charge in [-0.2, -0.15) is 0 Å². The lowest BCUT2D eigenvalue weighted by molar-refractivity contribution is 0.0945. The first-order valence-corrected chi connectivity index (χ1v) is 12.8. The minimum Gasteiger partial charge on any atom is -0.347 e. The molecule has 4 aromatic rings. The van der Waals surface area contributed by atoms with Crippen LogP contribution in [-0.2, 0) is 19.5 Å². The number of fused-ring (bicyclic) bond motifs is 1. The van der Waals surface area contributed by atoms with Gasteiger partial charge in [0.25, 0.3) is 11.8 Å². The molecule has 10 heteroatoms. The number of benzene rings is 1. The van der Waals surface area contributed by atoms with Crippen LogP contribution in [0.5, 0.6) is 0 Å². The minimum atomic E-state index is -0.243. The Balaban J connectivity index is 1.22. The fourth-order valence-corrected chi connectivity index (χ4v) is 5.86. The molecule has 0 bridgehead atoms. The number of aromatic nitrogens is 3. The zero-order chi connectivity index (χ0) is 24.4. The van der Waals surface area contributed by atoms with E-state index in [-0.39, 0.29) is 11.8 Å². The van der Waals surface area contributed by atoms with Crippen molar-refractivity contribution in [3.63, 3.8) is 0 Å². The molecule has 5 rings (SSSR count). The Morgan fingerprint density at radius 3 is 2.74 bits per heavy atom. The monoisotopic (exact) mass is 504 g/mol. The van der Waals surface area contributed by atoms with Crippen molar-refractivity contribution in [1.29, 1.82) is 0 Å². The molecule has 0 saturated carbocycles. The Morgan fingerprint density at radius 1 is 1.09 bits per heavy atom. The van der Waals surface area contributed by atoms with Gasteiger partial charge in [0, 0.05) is 59.3 Å². The third kappa shape index (κ3) is 5.29. The number of rotatable bonds is 6. The van der Waals surface area contributed by atoms with Gasteiger partial charge in [0.1, 0.15) is 10.7 Å². The van der Waals surface area contributed by atoms with E-state index in [4.69, 9.17) is 0 Å². The molecule has 4 heterocycles. The van der Waals surface area contributed by atoms with Gasteiger partial charge in [-0.3, -0.25) is 19.9 Å². The molecule has 8 nitrogen and oxygen atoms in total. The summed E-state index contributed by atoms with van der Waals surface area (Å²) in [6.07, 6.45) is 4.31. The van der Waals surface area contributed by atoms with Crippen LogP contribution in [0.2, 0.25) is 0 Å². The van der Waals surface area contributed by atoms with Crippen LogP contribution in [0.3, 0.4) is 0 Å². The van der Waals surface area contributed by atoms with Crippen molar-refractivity contribution in [3.8, 4) is 10.6 Å². The van der Waals surface area contributed by atoms with Gasteiger partial charge in [0.15, 0.2) is 5.13 Å². The average Bonchev–Trinajstić information content (AvgIpc) is 3.45. The summed E-state index contributed by atoms with van der Waals surface area (Å²) in [7, 11) is 2.08. The molecule has 0 radical (unpaired) electrons. The van der Waals surface area contributed by atoms with Gasteiger partial charge in [-0.05, 0) is 43.8 Å². The highest BCUT2D eigenvalue weighted by molar-refractivity contribution is 7.16. The smallest absolute Gasteiger partial charge is 0.271 e. The Morgan fingerprint density at radius 2 is 1.91 bits per heavy atom. The quantitative estimate of drug-likeness (QED) is 0.409. The maximum Gasteiger partial charge on any atom is 0.271 e. The molecule has 178 valence electrons. The van der Waals surface area contributed by atoms with Crippen molar-refractivity contribution in [2.24, 2.45) is 0 Å². The lowest BCUT2D eigenvalue weighted by Gasteiger charge is -2.20. The van der Waals surface area contributed by atoms with Gasteiger partial charge < -0.3 is 10.2 Å². The van der Waals surface area contributed by atoms with Crippen molar-refractivity contribution in [2.45, 2.75) is 26.4 Å². The first kappa shape index (κ1) is 23.3. The molecular formula is C25H24N6O2S2. The Hall–Kier alpha value is -3.47. The number of aryl methyl sites for hydroxylation is 1. The van der Waals surface area contributed by atoms with Crippen molar-refractivity contribution >= 4 is 39.6 Å². The fourth-order valence-electron chi connectivity index (χ4n) is 3.86. The number of nitrogens with zero attached hydrogens (tertiary/aromatic N) is 4. The topological polar surface area (TPSA) is 100 Å². The van der Waals surface area contributed by atoms with Crippen LogP contribution >= 0.6 is 22.7 Å². The van der Waals surface area contributed by atoms with E-state index < -0.39 is 0 Å². The third-order valence-corrected chi connectivity index (χ3v) is 7.74. The second kappa shape index (κ2) is 10.0. The van der Waals surface area contributed by atoms with E-state index in [2.05, 4.69) is 37.5 Å². The predicted octanol–water partition coefficient (Wildman–Crippen LogP) is 4.14. The van der Waals surface area contributed by atoms with Crippen LogP contribution < -0.4 is 10.6 Å². The molecule has 3 aromatic heterocycles. The summed E-state index contributed by atoms with van der Waals surface area (Å²) in [5, 5.41) is 7.25. The van der Waals surface area contributed by atoms with Gasteiger partial charge in [0.2, 0.25) is 0 Å². The number of anilines is 1. The van der Waals surface area contributed by atoms with Crippen molar-refractivity contribution in [2.75, 3.05) is 18.9 Å². The summed E-state index contributed by atoms with van der Waals surface area (Å²) >= 11 is 3.00. The fraction of sp³-hybridized carbons (Fsp3) is 0.240. The van der Waals surface area contributed by atoms with Crippen LogP contribution in [0.25, 0.3) is 10.6 Å². The number of carbonyl (C=O) groups excluding carboxylic acids is 2. The summed E-state index contributed by atoms with van der Waals surface area (Å²) < 4.78 is 0. The van der Waals surface area contributed by atoms with Crippen LogP contribution in [0.15, 0.2) is 48.8 Å². The largest absolute Gasteiger partial charge is 0.347 e. The molecule has 2 amide bonds.